The van der Waals surface area contributed by atoms with E-state index in [0.717, 1.165) is 30.6 Å². The second-order valence-electron chi connectivity index (χ2n) is 9.97. The number of ether oxygens (including phenoxy) is 1. The lowest BCUT2D eigenvalue weighted by molar-refractivity contribution is 0.0526. The molecule has 0 atom stereocenters. The number of imide groups is 1. The SMILES string of the molecule is CCOC(=O)c1ccc(N2C(=O)c3nc4c(NC)cc(F)cc4c(Cl)c3C2=O)c(CN(C)C2CCCCC2)c1. The maximum absolute atomic E-state index is 14.3. The molecule has 5 rings (SSSR count). The Morgan fingerprint density at radius 1 is 1.18 bits per heavy atom. The molecule has 2 aliphatic rings. The van der Waals surface area contributed by atoms with Crippen LogP contribution in [0.1, 0.15) is 75.8 Å². The number of nitrogens with zero attached hydrogens (tertiary/aromatic N) is 3. The smallest absolute Gasteiger partial charge is 0.338 e. The molecule has 8 nitrogen and oxygen atoms in total. The first-order valence-electron chi connectivity index (χ1n) is 13.1. The first-order valence-corrected chi connectivity index (χ1v) is 13.5. The predicted octanol–water partition coefficient (Wildman–Crippen LogP) is 5.81. The van der Waals surface area contributed by atoms with Crippen molar-refractivity contribution in [2.24, 2.45) is 0 Å². The molecule has 1 N–H and O–H groups in total. The van der Waals surface area contributed by atoms with Crippen molar-refractivity contribution in [3.63, 3.8) is 0 Å². The number of esters is 1. The fourth-order valence-corrected chi connectivity index (χ4v) is 5.87. The summed E-state index contributed by atoms with van der Waals surface area (Å²) in [5.41, 5.74) is 1.79. The predicted molar refractivity (Wildman–Crippen MR) is 148 cm³/mol. The number of hydrogen-bond acceptors (Lipinski definition) is 7. The molecule has 204 valence electrons. The second-order valence-corrected chi connectivity index (χ2v) is 10.3. The van der Waals surface area contributed by atoms with Crippen LogP contribution in [-0.2, 0) is 11.3 Å². The van der Waals surface area contributed by atoms with E-state index < -0.39 is 23.6 Å². The monoisotopic (exact) mass is 552 g/mol. The van der Waals surface area contributed by atoms with E-state index in [1.165, 1.54) is 18.6 Å². The van der Waals surface area contributed by atoms with E-state index in [4.69, 9.17) is 16.3 Å². The Morgan fingerprint density at radius 3 is 2.62 bits per heavy atom. The summed E-state index contributed by atoms with van der Waals surface area (Å²) in [4.78, 5) is 47.7. The van der Waals surface area contributed by atoms with Crippen LogP contribution in [-0.4, -0.2) is 54.4 Å². The number of pyridine rings is 1. The van der Waals surface area contributed by atoms with Gasteiger partial charge in [0.25, 0.3) is 11.8 Å². The molecule has 2 amide bonds. The average Bonchev–Trinajstić information content (AvgIpc) is 3.18. The van der Waals surface area contributed by atoms with E-state index in [-0.39, 0.29) is 28.3 Å². The van der Waals surface area contributed by atoms with Gasteiger partial charge in [0, 0.05) is 25.0 Å². The summed E-state index contributed by atoms with van der Waals surface area (Å²) >= 11 is 6.62. The quantitative estimate of drug-likeness (QED) is 0.292. The molecule has 1 aliphatic heterocycles. The molecule has 0 saturated heterocycles. The topological polar surface area (TPSA) is 91.8 Å². The number of rotatable bonds is 7. The second kappa shape index (κ2) is 10.9. The van der Waals surface area contributed by atoms with Gasteiger partial charge in [0.05, 0.1) is 39.6 Å². The highest BCUT2D eigenvalue weighted by Crippen LogP contribution is 2.39. The first-order chi connectivity index (χ1) is 18.7. The van der Waals surface area contributed by atoms with Gasteiger partial charge in [-0.3, -0.25) is 14.5 Å². The lowest BCUT2D eigenvalue weighted by Gasteiger charge is -2.32. The number of halogens is 2. The number of nitrogens with one attached hydrogen (secondary N) is 1. The summed E-state index contributed by atoms with van der Waals surface area (Å²) in [5, 5.41) is 3.07. The van der Waals surface area contributed by atoms with Crippen molar-refractivity contribution in [2.45, 2.75) is 51.6 Å². The van der Waals surface area contributed by atoms with Gasteiger partial charge in [-0.05, 0) is 62.7 Å². The number of carbonyl (C=O) groups excluding carboxylic acids is 3. The molecule has 1 aromatic heterocycles. The minimum absolute atomic E-state index is 0.0316. The van der Waals surface area contributed by atoms with Gasteiger partial charge >= 0.3 is 5.97 Å². The maximum Gasteiger partial charge on any atom is 0.338 e. The minimum Gasteiger partial charge on any atom is -0.462 e. The molecule has 0 radical (unpaired) electrons. The summed E-state index contributed by atoms with van der Waals surface area (Å²) in [6.45, 7) is 2.37. The number of benzene rings is 2. The van der Waals surface area contributed by atoms with Gasteiger partial charge in [-0.2, -0.15) is 0 Å². The molecule has 0 bridgehead atoms. The Kier molecular flexibility index (Phi) is 7.55. The van der Waals surface area contributed by atoms with Crippen LogP contribution in [0.5, 0.6) is 0 Å². The highest BCUT2D eigenvalue weighted by molar-refractivity contribution is 6.45. The van der Waals surface area contributed by atoms with Gasteiger partial charge in [-0.25, -0.2) is 19.1 Å². The van der Waals surface area contributed by atoms with E-state index >= 15 is 0 Å². The van der Waals surface area contributed by atoms with Crippen LogP contribution in [0, 0.1) is 5.82 Å². The molecule has 1 aliphatic carbocycles. The third-order valence-corrected chi connectivity index (χ3v) is 7.92. The van der Waals surface area contributed by atoms with Crippen LogP contribution in [0.2, 0.25) is 5.02 Å². The lowest BCUT2D eigenvalue weighted by Crippen LogP contribution is -2.35. The van der Waals surface area contributed by atoms with E-state index in [9.17, 15) is 18.8 Å². The van der Waals surface area contributed by atoms with Crippen molar-refractivity contribution in [3.8, 4) is 0 Å². The Hall–Kier alpha value is -3.56. The number of carbonyl (C=O) groups is 3. The van der Waals surface area contributed by atoms with Gasteiger partial charge in [0.1, 0.15) is 11.5 Å². The molecule has 0 spiro atoms. The van der Waals surface area contributed by atoms with Crippen LogP contribution >= 0.6 is 11.6 Å². The summed E-state index contributed by atoms with van der Waals surface area (Å²) in [7, 11) is 3.62. The maximum atomic E-state index is 14.3. The zero-order chi connectivity index (χ0) is 27.8. The third-order valence-electron chi connectivity index (χ3n) is 7.53. The molecule has 39 heavy (non-hydrogen) atoms. The number of amides is 2. The fourth-order valence-electron chi connectivity index (χ4n) is 5.55. The van der Waals surface area contributed by atoms with Crippen molar-refractivity contribution in [1.29, 1.82) is 0 Å². The first kappa shape index (κ1) is 27.0. The molecule has 10 heteroatoms. The Balaban J connectivity index is 1.60. The molecule has 2 heterocycles. The molecule has 3 aromatic rings. The largest absolute Gasteiger partial charge is 0.462 e. The van der Waals surface area contributed by atoms with Gasteiger partial charge in [0.15, 0.2) is 0 Å². The van der Waals surface area contributed by atoms with Crippen LogP contribution in [0.25, 0.3) is 10.9 Å². The number of fused-ring (bicyclic) bond motifs is 2. The van der Waals surface area contributed by atoms with E-state index in [1.54, 1.807) is 32.2 Å². The van der Waals surface area contributed by atoms with E-state index in [1.807, 2.05) is 7.05 Å². The summed E-state index contributed by atoms with van der Waals surface area (Å²) < 4.78 is 19.5. The van der Waals surface area contributed by atoms with Crippen LogP contribution < -0.4 is 10.2 Å². The van der Waals surface area contributed by atoms with Crippen molar-refractivity contribution < 1.29 is 23.5 Å². The average molecular weight is 553 g/mol. The van der Waals surface area contributed by atoms with Crippen LogP contribution in [0.3, 0.4) is 0 Å². The van der Waals surface area contributed by atoms with Crippen LogP contribution in [0.15, 0.2) is 30.3 Å². The van der Waals surface area contributed by atoms with E-state index in [0.29, 0.717) is 40.6 Å². The minimum atomic E-state index is -0.643. The highest BCUT2D eigenvalue weighted by atomic mass is 35.5. The van der Waals surface area contributed by atoms with Gasteiger partial charge in [-0.1, -0.05) is 30.9 Å². The standard InChI is InChI=1S/C29H30ClFN4O4/c1-4-39-29(38)16-10-11-22(17(12-16)15-34(3)19-8-6-5-7-9-19)35-27(36)23-24(30)20-13-18(31)14-21(32-2)25(20)33-26(23)28(35)37/h10-14,19,32H,4-9,15H2,1-3H3. The van der Waals surface area contributed by atoms with Gasteiger partial charge < -0.3 is 10.1 Å². The summed E-state index contributed by atoms with van der Waals surface area (Å²) in [6.07, 6.45) is 5.64. The summed E-state index contributed by atoms with van der Waals surface area (Å²) in [6, 6.07) is 7.62. The molecule has 2 aromatic carbocycles. The van der Waals surface area contributed by atoms with Crippen molar-refractivity contribution in [2.75, 3.05) is 30.9 Å². The van der Waals surface area contributed by atoms with Crippen LogP contribution in [0.4, 0.5) is 15.8 Å². The molecule has 1 fully saturated rings. The Labute approximate surface area is 231 Å². The van der Waals surface area contributed by atoms with Crippen molar-refractivity contribution in [3.05, 3.63) is 63.6 Å². The number of anilines is 2. The lowest BCUT2D eigenvalue weighted by atomic mass is 9.94. The Morgan fingerprint density at radius 2 is 1.92 bits per heavy atom. The zero-order valence-electron chi connectivity index (χ0n) is 22.1. The number of aromatic nitrogens is 1. The molecular formula is C29H30ClFN4O4. The third kappa shape index (κ3) is 4.85. The highest BCUT2D eigenvalue weighted by Gasteiger charge is 2.42. The van der Waals surface area contributed by atoms with E-state index in [2.05, 4.69) is 15.2 Å². The molecule has 0 unspecified atom stereocenters. The fraction of sp³-hybridized carbons (Fsp3) is 0.379. The molecule has 1 saturated carbocycles. The number of hydrogen-bond donors (Lipinski definition) is 1. The van der Waals surface area contributed by atoms with Gasteiger partial charge in [0.2, 0.25) is 0 Å². The Bertz CT molecular complexity index is 1490. The molecular weight excluding hydrogens is 523 g/mol. The van der Waals surface area contributed by atoms with Gasteiger partial charge in [-0.15, -0.1) is 0 Å². The van der Waals surface area contributed by atoms with Crippen molar-refractivity contribution in [1.82, 2.24) is 9.88 Å². The summed E-state index contributed by atoms with van der Waals surface area (Å²) in [5.74, 6) is -2.30. The zero-order valence-corrected chi connectivity index (χ0v) is 22.9. The van der Waals surface area contributed by atoms with Crippen molar-refractivity contribution >= 4 is 51.7 Å². The normalized spacial score (nSPS) is 15.8.